The van der Waals surface area contributed by atoms with Crippen molar-refractivity contribution in [2.45, 2.75) is 0 Å². The zero-order chi connectivity index (χ0) is 14.4. The lowest BCUT2D eigenvalue weighted by Crippen LogP contribution is -2.44. The van der Waals surface area contributed by atoms with Crippen molar-refractivity contribution < 1.29 is 14.3 Å². The van der Waals surface area contributed by atoms with Gasteiger partial charge in [-0.1, -0.05) is 0 Å². The van der Waals surface area contributed by atoms with Crippen LogP contribution in [0.3, 0.4) is 0 Å². The smallest absolute Gasteiger partial charge is 0.266 e. The van der Waals surface area contributed by atoms with Gasteiger partial charge in [-0.05, 0) is 0 Å². The van der Waals surface area contributed by atoms with Crippen molar-refractivity contribution in [2.75, 3.05) is 52.5 Å². The highest BCUT2D eigenvalue weighted by atomic mass is 16.5. The van der Waals surface area contributed by atoms with Crippen molar-refractivity contribution in [3.8, 4) is 6.07 Å². The molecule has 0 unspecified atom stereocenters. The Kier molecular flexibility index (Phi) is 4.96. The Balaban J connectivity index is 1.97. The van der Waals surface area contributed by atoms with Crippen molar-refractivity contribution >= 4 is 12.3 Å². The van der Waals surface area contributed by atoms with Crippen LogP contribution in [0.25, 0.3) is 0 Å². The van der Waals surface area contributed by atoms with Crippen LogP contribution in [0.4, 0.5) is 0 Å². The number of piperazine rings is 1. The summed E-state index contributed by atoms with van der Waals surface area (Å²) in [6, 6.07) is 1.98. The molecule has 2 fully saturated rings. The Bertz CT molecular complexity index is 429. The predicted molar refractivity (Wildman–Crippen MR) is 70.3 cm³/mol. The minimum absolute atomic E-state index is 0.145. The normalized spacial score (nSPS) is 20.6. The number of carbonyl (C=O) groups is 2. The fourth-order valence-electron chi connectivity index (χ4n) is 2.22. The molecular formula is C13H18N4O3. The van der Waals surface area contributed by atoms with Crippen LogP contribution in [0.2, 0.25) is 0 Å². The maximum Gasteiger partial charge on any atom is 0.266 e. The SMILES string of the molecule is N#C/C(=C/N1CCN(C=O)CC1)C(=O)N1CCOCC1. The molecule has 0 atom stereocenters. The van der Waals surface area contributed by atoms with Crippen LogP contribution in [0.1, 0.15) is 0 Å². The Labute approximate surface area is 118 Å². The number of ether oxygens (including phenoxy) is 1. The molecule has 0 N–H and O–H groups in total. The summed E-state index contributed by atoms with van der Waals surface area (Å²) in [5, 5.41) is 9.17. The summed E-state index contributed by atoms with van der Waals surface area (Å²) in [6.07, 6.45) is 2.44. The fourth-order valence-corrected chi connectivity index (χ4v) is 2.22. The van der Waals surface area contributed by atoms with E-state index >= 15 is 0 Å². The third-order valence-electron chi connectivity index (χ3n) is 3.46. The first-order chi connectivity index (χ1) is 9.74. The maximum absolute atomic E-state index is 12.2. The first-order valence-corrected chi connectivity index (χ1v) is 6.67. The third-order valence-corrected chi connectivity index (χ3v) is 3.46. The Morgan fingerprint density at radius 3 is 2.20 bits per heavy atom. The second kappa shape index (κ2) is 6.91. The van der Waals surface area contributed by atoms with E-state index in [0.717, 1.165) is 6.41 Å². The minimum Gasteiger partial charge on any atom is -0.378 e. The van der Waals surface area contributed by atoms with Crippen LogP contribution in [0.5, 0.6) is 0 Å². The van der Waals surface area contributed by atoms with Gasteiger partial charge in [0.25, 0.3) is 5.91 Å². The van der Waals surface area contributed by atoms with Crippen LogP contribution < -0.4 is 0 Å². The van der Waals surface area contributed by atoms with Gasteiger partial charge in [0.15, 0.2) is 0 Å². The summed E-state index contributed by atoms with van der Waals surface area (Å²) in [4.78, 5) is 28.1. The number of morpholine rings is 1. The molecule has 108 valence electrons. The summed E-state index contributed by atoms with van der Waals surface area (Å²) in [5.41, 5.74) is 0.145. The van der Waals surface area contributed by atoms with Crippen molar-refractivity contribution in [3.05, 3.63) is 11.8 Å². The summed E-state index contributed by atoms with van der Waals surface area (Å²) in [7, 11) is 0. The van der Waals surface area contributed by atoms with Crippen LogP contribution in [0, 0.1) is 11.3 Å². The highest BCUT2D eigenvalue weighted by Gasteiger charge is 2.22. The molecular weight excluding hydrogens is 260 g/mol. The summed E-state index contributed by atoms with van der Waals surface area (Å²) >= 11 is 0. The van der Waals surface area contributed by atoms with E-state index in [-0.39, 0.29) is 11.5 Å². The van der Waals surface area contributed by atoms with Crippen LogP contribution in [-0.4, -0.2) is 79.5 Å². The van der Waals surface area contributed by atoms with Gasteiger partial charge in [0.1, 0.15) is 11.6 Å². The second-order valence-corrected chi connectivity index (χ2v) is 4.74. The molecule has 0 radical (unpaired) electrons. The highest BCUT2D eigenvalue weighted by Crippen LogP contribution is 2.08. The molecule has 0 spiro atoms. The van der Waals surface area contributed by atoms with E-state index in [2.05, 4.69) is 0 Å². The molecule has 20 heavy (non-hydrogen) atoms. The Morgan fingerprint density at radius 1 is 1.05 bits per heavy atom. The molecule has 0 saturated carbocycles. The Morgan fingerprint density at radius 2 is 1.65 bits per heavy atom. The molecule has 2 aliphatic rings. The maximum atomic E-state index is 12.2. The lowest BCUT2D eigenvalue weighted by Gasteiger charge is -2.32. The van der Waals surface area contributed by atoms with E-state index in [1.165, 1.54) is 0 Å². The van der Waals surface area contributed by atoms with Gasteiger partial charge in [0.05, 0.1) is 13.2 Å². The Hall–Kier alpha value is -2.07. The van der Waals surface area contributed by atoms with Gasteiger partial charge in [0.2, 0.25) is 6.41 Å². The number of rotatable bonds is 3. The summed E-state index contributed by atoms with van der Waals surface area (Å²) in [6.45, 7) is 4.59. The summed E-state index contributed by atoms with van der Waals surface area (Å²) in [5.74, 6) is -0.242. The predicted octanol–water partition coefficient (Wildman–Crippen LogP) is -0.973. The van der Waals surface area contributed by atoms with Gasteiger partial charge < -0.3 is 19.4 Å². The molecule has 0 aromatic carbocycles. The molecule has 7 nitrogen and oxygen atoms in total. The molecule has 0 aliphatic carbocycles. The van der Waals surface area contributed by atoms with Gasteiger partial charge in [-0.15, -0.1) is 0 Å². The van der Waals surface area contributed by atoms with Gasteiger partial charge in [0, 0.05) is 45.5 Å². The number of amides is 2. The highest BCUT2D eigenvalue weighted by molar-refractivity contribution is 5.97. The van der Waals surface area contributed by atoms with Crippen molar-refractivity contribution in [1.29, 1.82) is 5.26 Å². The van der Waals surface area contributed by atoms with Crippen LogP contribution in [0.15, 0.2) is 11.8 Å². The van der Waals surface area contributed by atoms with E-state index < -0.39 is 0 Å². The lowest BCUT2D eigenvalue weighted by atomic mass is 10.2. The largest absolute Gasteiger partial charge is 0.378 e. The number of nitriles is 1. The average molecular weight is 278 g/mol. The second-order valence-electron chi connectivity index (χ2n) is 4.74. The molecule has 2 amide bonds. The molecule has 0 bridgehead atoms. The molecule has 2 rings (SSSR count). The standard InChI is InChI=1S/C13H18N4O3/c14-9-12(13(19)17-5-7-20-8-6-17)10-15-1-3-16(11-18)4-2-15/h10-11H,1-8H2/b12-10-. The average Bonchev–Trinajstić information content (AvgIpc) is 2.53. The quantitative estimate of drug-likeness (QED) is 0.377. The number of hydrogen-bond acceptors (Lipinski definition) is 5. The van der Waals surface area contributed by atoms with Gasteiger partial charge in [-0.3, -0.25) is 9.59 Å². The van der Waals surface area contributed by atoms with Crippen molar-refractivity contribution in [1.82, 2.24) is 14.7 Å². The summed E-state index contributed by atoms with van der Waals surface area (Å²) < 4.78 is 5.19. The third kappa shape index (κ3) is 3.48. The van der Waals surface area contributed by atoms with Gasteiger partial charge >= 0.3 is 0 Å². The van der Waals surface area contributed by atoms with Gasteiger partial charge in [-0.2, -0.15) is 5.26 Å². The molecule has 2 heterocycles. The van der Waals surface area contributed by atoms with E-state index in [0.29, 0.717) is 52.5 Å². The first kappa shape index (κ1) is 14.3. The zero-order valence-electron chi connectivity index (χ0n) is 11.3. The lowest BCUT2D eigenvalue weighted by molar-refractivity contribution is -0.130. The topological polar surface area (TPSA) is 76.9 Å². The van der Waals surface area contributed by atoms with E-state index in [1.54, 1.807) is 16.0 Å². The van der Waals surface area contributed by atoms with Crippen LogP contribution >= 0.6 is 0 Å². The molecule has 0 aromatic rings. The number of hydrogen-bond donors (Lipinski definition) is 0. The van der Waals surface area contributed by atoms with Gasteiger partial charge in [-0.25, -0.2) is 0 Å². The monoisotopic (exact) mass is 278 g/mol. The minimum atomic E-state index is -0.242. The van der Waals surface area contributed by atoms with Crippen molar-refractivity contribution in [2.24, 2.45) is 0 Å². The number of carbonyl (C=O) groups excluding carboxylic acids is 2. The van der Waals surface area contributed by atoms with E-state index in [4.69, 9.17) is 10.00 Å². The van der Waals surface area contributed by atoms with E-state index in [9.17, 15) is 9.59 Å². The zero-order valence-corrected chi connectivity index (χ0v) is 11.3. The molecule has 0 aromatic heterocycles. The first-order valence-electron chi connectivity index (χ1n) is 6.67. The van der Waals surface area contributed by atoms with E-state index in [1.807, 2.05) is 11.0 Å². The van der Waals surface area contributed by atoms with Crippen molar-refractivity contribution in [3.63, 3.8) is 0 Å². The number of nitrogens with zero attached hydrogens (tertiary/aromatic N) is 4. The molecule has 2 saturated heterocycles. The molecule has 2 aliphatic heterocycles. The molecule has 7 heteroatoms. The van der Waals surface area contributed by atoms with Crippen LogP contribution in [-0.2, 0) is 14.3 Å². The fraction of sp³-hybridized carbons (Fsp3) is 0.615.